The third-order valence-corrected chi connectivity index (χ3v) is 6.63. The van der Waals surface area contributed by atoms with Crippen LogP contribution in [-0.4, -0.2) is 78.4 Å². The molecule has 9 heteroatoms. The Morgan fingerprint density at radius 2 is 1.70 bits per heavy atom. The highest BCUT2D eigenvalue weighted by Crippen LogP contribution is 2.31. The van der Waals surface area contributed by atoms with Crippen LogP contribution in [0.5, 0.6) is 0 Å². The molecule has 2 heterocycles. The number of ketones is 1. The zero-order valence-corrected chi connectivity index (χ0v) is 22.8. The molecule has 3 rings (SSSR count). The molecule has 0 spiro atoms. The van der Waals surface area contributed by atoms with E-state index >= 15 is 0 Å². The molecule has 1 fully saturated rings. The van der Waals surface area contributed by atoms with Crippen molar-refractivity contribution < 1.29 is 23.9 Å². The summed E-state index contributed by atoms with van der Waals surface area (Å²) in [6, 6.07) is 5.70. The molecule has 1 N–H and O–H groups in total. The number of Topliss-reactive ketones (excluding diaryl/α,β-unsaturated/α-hetero) is 1. The zero-order chi connectivity index (χ0) is 27.3. The van der Waals surface area contributed by atoms with Gasteiger partial charge in [-0.1, -0.05) is 27.7 Å². The Balaban J connectivity index is 1.72. The molecule has 2 unspecified atom stereocenters. The van der Waals surface area contributed by atoms with Gasteiger partial charge in [-0.05, 0) is 62.4 Å². The molecule has 202 valence electrons. The summed E-state index contributed by atoms with van der Waals surface area (Å²) in [6.45, 7) is 14.0. The lowest BCUT2D eigenvalue weighted by atomic mass is 10.0. The van der Waals surface area contributed by atoms with Gasteiger partial charge < -0.3 is 19.9 Å². The number of hydrogen-bond donors (Lipinski definition) is 1. The molecule has 0 bridgehead atoms. The summed E-state index contributed by atoms with van der Waals surface area (Å²) >= 11 is 0. The maximum atomic E-state index is 13.6. The van der Waals surface area contributed by atoms with E-state index in [1.54, 1.807) is 18.2 Å². The molecule has 1 aromatic carbocycles. The van der Waals surface area contributed by atoms with E-state index in [1.807, 2.05) is 39.8 Å². The number of carbonyl (C=O) groups is 4. The topological polar surface area (TPSA) is 99.3 Å². The highest BCUT2D eigenvalue weighted by molar-refractivity contribution is 6.02. The third-order valence-electron chi connectivity index (χ3n) is 6.63. The van der Waals surface area contributed by atoms with Crippen LogP contribution in [0.25, 0.3) is 0 Å². The molecule has 1 aromatic rings. The smallest absolute Gasteiger partial charge is 0.414 e. The first-order valence-electron chi connectivity index (χ1n) is 13.2. The Morgan fingerprint density at radius 1 is 1.05 bits per heavy atom. The van der Waals surface area contributed by atoms with Crippen LogP contribution in [0.2, 0.25) is 0 Å². The lowest BCUT2D eigenvalue weighted by Gasteiger charge is -2.29. The van der Waals surface area contributed by atoms with E-state index in [2.05, 4.69) is 24.1 Å². The normalized spacial score (nSPS) is 17.7. The predicted octanol–water partition coefficient (Wildman–Crippen LogP) is 3.45. The molecule has 0 saturated carbocycles. The van der Waals surface area contributed by atoms with Crippen molar-refractivity contribution in [3.63, 3.8) is 0 Å². The highest BCUT2D eigenvalue weighted by atomic mass is 16.6. The van der Waals surface area contributed by atoms with Gasteiger partial charge in [0.05, 0.1) is 18.8 Å². The Hall–Kier alpha value is -3.36. The van der Waals surface area contributed by atoms with Crippen molar-refractivity contribution in [3.8, 4) is 0 Å². The number of amides is 3. The average molecular weight is 513 g/mol. The fourth-order valence-electron chi connectivity index (χ4n) is 4.75. The lowest BCUT2D eigenvalue weighted by Crippen LogP contribution is -2.52. The van der Waals surface area contributed by atoms with E-state index in [1.165, 1.54) is 9.80 Å². The van der Waals surface area contributed by atoms with Crippen LogP contribution in [0.1, 0.15) is 58.3 Å². The van der Waals surface area contributed by atoms with Crippen molar-refractivity contribution >= 4 is 29.4 Å². The van der Waals surface area contributed by atoms with Crippen LogP contribution in [0.4, 0.5) is 10.5 Å². The SMILES string of the molecule is CCN(CC)c1ccc(C(=O)NC(CC(C)C)C(=O)N2CC=C3C2C(=O)CN3C(=O)OCC(C)C)cc1. The largest absolute Gasteiger partial charge is 0.449 e. The minimum absolute atomic E-state index is 0.128. The predicted molar refractivity (Wildman–Crippen MR) is 142 cm³/mol. The molecular formula is C28H40N4O5. The van der Waals surface area contributed by atoms with Gasteiger partial charge in [0.2, 0.25) is 5.91 Å². The number of fused-ring (bicyclic) bond motifs is 1. The third kappa shape index (κ3) is 6.50. The Morgan fingerprint density at radius 3 is 2.27 bits per heavy atom. The van der Waals surface area contributed by atoms with Crippen molar-refractivity contribution in [2.24, 2.45) is 11.8 Å². The monoisotopic (exact) mass is 512 g/mol. The Kier molecular flexibility index (Phi) is 9.34. The zero-order valence-electron chi connectivity index (χ0n) is 22.8. The first-order valence-corrected chi connectivity index (χ1v) is 13.2. The molecule has 0 aliphatic carbocycles. The van der Waals surface area contributed by atoms with Crippen molar-refractivity contribution in [2.75, 3.05) is 37.7 Å². The second-order valence-corrected chi connectivity index (χ2v) is 10.4. The first-order chi connectivity index (χ1) is 17.6. The summed E-state index contributed by atoms with van der Waals surface area (Å²) in [6.07, 6.45) is 1.57. The maximum absolute atomic E-state index is 13.6. The van der Waals surface area contributed by atoms with Crippen molar-refractivity contribution in [3.05, 3.63) is 41.6 Å². The van der Waals surface area contributed by atoms with Crippen LogP contribution >= 0.6 is 0 Å². The molecule has 0 radical (unpaired) electrons. The van der Waals surface area contributed by atoms with Crippen LogP contribution < -0.4 is 10.2 Å². The average Bonchev–Trinajstić information content (AvgIpc) is 3.44. The van der Waals surface area contributed by atoms with Crippen LogP contribution in [0.3, 0.4) is 0 Å². The Labute approximate surface area is 219 Å². The summed E-state index contributed by atoms with van der Waals surface area (Å²) < 4.78 is 5.31. The van der Waals surface area contributed by atoms with Crippen molar-refractivity contribution in [2.45, 2.75) is 60.0 Å². The molecule has 9 nitrogen and oxygen atoms in total. The summed E-state index contributed by atoms with van der Waals surface area (Å²) in [5.74, 6) is -0.600. The molecule has 1 saturated heterocycles. The van der Waals surface area contributed by atoms with Gasteiger partial charge in [-0.2, -0.15) is 0 Å². The fraction of sp³-hybridized carbons (Fsp3) is 0.571. The van der Waals surface area contributed by atoms with E-state index in [9.17, 15) is 19.2 Å². The number of nitrogens with one attached hydrogen (secondary N) is 1. The van der Waals surface area contributed by atoms with Gasteiger partial charge in [0.25, 0.3) is 5.91 Å². The van der Waals surface area contributed by atoms with E-state index in [-0.39, 0.29) is 49.1 Å². The summed E-state index contributed by atoms with van der Waals surface area (Å²) in [7, 11) is 0. The van der Waals surface area contributed by atoms with E-state index < -0.39 is 18.2 Å². The number of rotatable bonds is 10. The quantitative estimate of drug-likeness (QED) is 0.516. The number of carbonyl (C=O) groups excluding carboxylic acids is 4. The number of likely N-dealkylation sites (tertiary alicyclic amines) is 1. The minimum Gasteiger partial charge on any atom is -0.449 e. The molecular weight excluding hydrogens is 472 g/mol. The van der Waals surface area contributed by atoms with Gasteiger partial charge in [-0.15, -0.1) is 0 Å². The molecule has 0 aromatic heterocycles. The van der Waals surface area contributed by atoms with E-state index in [4.69, 9.17) is 4.74 Å². The molecule has 37 heavy (non-hydrogen) atoms. The second-order valence-electron chi connectivity index (χ2n) is 10.4. The Bertz CT molecular complexity index is 1030. The van der Waals surface area contributed by atoms with E-state index in [0.29, 0.717) is 17.7 Å². The van der Waals surface area contributed by atoms with E-state index in [0.717, 1.165) is 18.8 Å². The maximum Gasteiger partial charge on any atom is 0.414 e. The minimum atomic E-state index is -0.834. The van der Waals surface area contributed by atoms with Crippen LogP contribution in [0, 0.1) is 11.8 Å². The van der Waals surface area contributed by atoms with Crippen molar-refractivity contribution in [1.29, 1.82) is 0 Å². The number of ether oxygens (including phenoxy) is 1. The van der Waals surface area contributed by atoms with Gasteiger partial charge in [0, 0.05) is 30.9 Å². The number of nitrogens with zero attached hydrogens (tertiary/aromatic N) is 3. The molecule has 2 aliphatic heterocycles. The van der Waals surface area contributed by atoms with Crippen LogP contribution in [0.15, 0.2) is 36.0 Å². The van der Waals surface area contributed by atoms with Gasteiger partial charge >= 0.3 is 6.09 Å². The number of hydrogen-bond acceptors (Lipinski definition) is 6. The van der Waals surface area contributed by atoms with Crippen molar-refractivity contribution in [1.82, 2.24) is 15.1 Å². The lowest BCUT2D eigenvalue weighted by molar-refractivity contribution is -0.137. The fourth-order valence-corrected chi connectivity index (χ4v) is 4.75. The van der Waals surface area contributed by atoms with Gasteiger partial charge in [-0.3, -0.25) is 19.3 Å². The summed E-state index contributed by atoms with van der Waals surface area (Å²) in [5, 5.41) is 2.90. The standard InChI is InChI=1S/C28H40N4O5/c1-7-30(8-2)21-11-9-20(10-12-21)26(34)29-22(15-18(3)4)27(35)31-14-13-23-25(31)24(33)16-32(23)28(36)37-17-19(5)6/h9-13,18-19,22,25H,7-8,14-17H2,1-6H3,(H,29,34). The van der Waals surface area contributed by atoms with Crippen LogP contribution in [-0.2, 0) is 14.3 Å². The molecule has 3 amide bonds. The molecule has 2 aliphatic rings. The highest BCUT2D eigenvalue weighted by Gasteiger charge is 2.48. The second kappa shape index (κ2) is 12.3. The number of benzene rings is 1. The first kappa shape index (κ1) is 28.2. The van der Waals surface area contributed by atoms with Gasteiger partial charge in [0.15, 0.2) is 5.78 Å². The van der Waals surface area contributed by atoms with Gasteiger partial charge in [0.1, 0.15) is 12.1 Å². The summed E-state index contributed by atoms with van der Waals surface area (Å²) in [5.41, 5.74) is 1.98. The molecule has 2 atom stereocenters. The number of anilines is 1. The van der Waals surface area contributed by atoms with Gasteiger partial charge in [-0.25, -0.2) is 4.79 Å². The summed E-state index contributed by atoms with van der Waals surface area (Å²) in [4.78, 5) is 57.1.